The molecule has 0 aliphatic carbocycles. The fourth-order valence-electron chi connectivity index (χ4n) is 1.10. The molecule has 0 bridgehead atoms. The zero-order valence-corrected chi connectivity index (χ0v) is 7.62. The Morgan fingerprint density at radius 2 is 2.08 bits per heavy atom. The van der Waals surface area contributed by atoms with Gasteiger partial charge in [-0.1, -0.05) is 23.2 Å². The largest absolute Gasteiger partial charge is 0.457 e. The van der Waals surface area contributed by atoms with E-state index in [0.29, 0.717) is 0 Å². The molecule has 0 spiro atoms. The van der Waals surface area contributed by atoms with E-state index in [1.807, 2.05) is 0 Å². The molecule has 0 amide bonds. The van der Waals surface area contributed by atoms with Crippen LogP contribution < -0.4 is 0 Å². The Kier molecular flexibility index (Phi) is 1.89. The third kappa shape index (κ3) is 1.17. The molecular formula is C7H2Cl2FNO2. The van der Waals surface area contributed by atoms with Gasteiger partial charge in [0, 0.05) is 5.56 Å². The highest BCUT2D eigenvalue weighted by molar-refractivity contribution is 6.35. The van der Waals surface area contributed by atoms with Gasteiger partial charge in [-0.15, -0.1) is 0 Å². The lowest BCUT2D eigenvalue weighted by Crippen LogP contribution is -1.99. The van der Waals surface area contributed by atoms with Crippen LogP contribution in [0.15, 0.2) is 0 Å². The first kappa shape index (κ1) is 8.72. The molecule has 0 saturated carbocycles. The van der Waals surface area contributed by atoms with Crippen LogP contribution in [0.1, 0.15) is 15.9 Å². The molecule has 3 nitrogen and oxygen atoms in total. The van der Waals surface area contributed by atoms with Gasteiger partial charge in [-0.2, -0.15) is 0 Å². The quantitative estimate of drug-likeness (QED) is 0.498. The molecule has 0 radical (unpaired) electrons. The number of aromatic nitrogens is 1. The Balaban J connectivity index is 2.76. The second-order valence-electron chi connectivity index (χ2n) is 2.44. The van der Waals surface area contributed by atoms with Crippen LogP contribution >= 0.6 is 23.2 Å². The Labute approximate surface area is 82.4 Å². The number of cyclic esters (lactones) is 1. The van der Waals surface area contributed by atoms with Crippen molar-refractivity contribution in [1.29, 1.82) is 0 Å². The van der Waals surface area contributed by atoms with E-state index in [1.165, 1.54) is 0 Å². The summed E-state index contributed by atoms with van der Waals surface area (Å²) < 4.78 is 17.7. The first-order chi connectivity index (χ1) is 6.11. The molecule has 0 saturated heterocycles. The number of fused-ring (bicyclic) bond motifs is 1. The van der Waals surface area contributed by atoms with Gasteiger partial charge in [0.1, 0.15) is 17.3 Å². The van der Waals surface area contributed by atoms with E-state index in [0.717, 1.165) is 0 Å². The molecule has 1 aromatic rings. The van der Waals surface area contributed by atoms with Crippen molar-refractivity contribution in [2.24, 2.45) is 0 Å². The molecular weight excluding hydrogens is 220 g/mol. The Morgan fingerprint density at radius 3 is 2.77 bits per heavy atom. The standard InChI is InChI=1S/C7H2Cl2FNO2/c8-5-3-2(1-13-7(3)12)4(10)6(9)11-5/h1H2. The van der Waals surface area contributed by atoms with Gasteiger partial charge in [0.2, 0.25) is 0 Å². The van der Waals surface area contributed by atoms with Crippen molar-refractivity contribution in [1.82, 2.24) is 4.98 Å². The maximum Gasteiger partial charge on any atom is 0.342 e. The highest BCUT2D eigenvalue weighted by Gasteiger charge is 2.30. The SMILES string of the molecule is O=C1OCc2c(F)c(Cl)nc(Cl)c21. The van der Waals surface area contributed by atoms with E-state index in [4.69, 9.17) is 23.2 Å². The highest BCUT2D eigenvalue weighted by atomic mass is 35.5. The number of hydrogen-bond acceptors (Lipinski definition) is 3. The average Bonchev–Trinajstić information content (AvgIpc) is 2.44. The number of carbonyl (C=O) groups is 1. The van der Waals surface area contributed by atoms with Gasteiger partial charge in [0.05, 0.1) is 0 Å². The van der Waals surface area contributed by atoms with E-state index < -0.39 is 11.8 Å². The minimum atomic E-state index is -0.744. The van der Waals surface area contributed by atoms with E-state index >= 15 is 0 Å². The van der Waals surface area contributed by atoms with Crippen LogP contribution in [-0.2, 0) is 11.3 Å². The van der Waals surface area contributed by atoms with Crippen LogP contribution in [0.2, 0.25) is 10.3 Å². The third-order valence-electron chi connectivity index (χ3n) is 1.70. The molecule has 6 heteroatoms. The fraction of sp³-hybridized carbons (Fsp3) is 0.143. The van der Waals surface area contributed by atoms with Crippen molar-refractivity contribution in [2.75, 3.05) is 0 Å². The van der Waals surface area contributed by atoms with Crippen LogP contribution in [0.5, 0.6) is 0 Å². The van der Waals surface area contributed by atoms with Crippen molar-refractivity contribution in [3.05, 3.63) is 27.3 Å². The molecule has 0 aromatic carbocycles. The van der Waals surface area contributed by atoms with Gasteiger partial charge in [0.15, 0.2) is 11.0 Å². The van der Waals surface area contributed by atoms with Gasteiger partial charge < -0.3 is 4.74 Å². The normalized spacial score (nSPS) is 14.2. The van der Waals surface area contributed by atoms with Crippen molar-refractivity contribution in [3.63, 3.8) is 0 Å². The second-order valence-corrected chi connectivity index (χ2v) is 3.15. The molecule has 2 rings (SSSR count). The number of carbonyl (C=O) groups excluding carboxylic acids is 1. The second kappa shape index (κ2) is 2.82. The lowest BCUT2D eigenvalue weighted by atomic mass is 10.2. The summed E-state index contributed by atoms with van der Waals surface area (Å²) in [6.07, 6.45) is 0. The summed E-state index contributed by atoms with van der Waals surface area (Å²) in [4.78, 5) is 14.4. The molecule has 0 atom stereocenters. The Hall–Kier alpha value is -0.870. The Morgan fingerprint density at radius 1 is 1.38 bits per heavy atom. The number of hydrogen-bond donors (Lipinski definition) is 0. The van der Waals surface area contributed by atoms with Gasteiger partial charge >= 0.3 is 5.97 Å². The lowest BCUT2D eigenvalue weighted by molar-refractivity contribution is 0.0534. The summed E-state index contributed by atoms with van der Waals surface area (Å²) in [5.41, 5.74) is 0.0542. The van der Waals surface area contributed by atoms with Crippen LogP contribution in [-0.4, -0.2) is 11.0 Å². The number of esters is 1. The summed E-state index contributed by atoms with van der Waals surface area (Å²) in [6, 6.07) is 0. The lowest BCUT2D eigenvalue weighted by Gasteiger charge is -1.99. The fourth-order valence-corrected chi connectivity index (χ4v) is 1.62. The predicted octanol–water partition coefficient (Wildman–Crippen LogP) is 2.20. The smallest absolute Gasteiger partial charge is 0.342 e. The van der Waals surface area contributed by atoms with Crippen molar-refractivity contribution >= 4 is 29.2 Å². The minimum absolute atomic E-state index is 0.0245. The van der Waals surface area contributed by atoms with E-state index in [9.17, 15) is 9.18 Å². The van der Waals surface area contributed by atoms with Gasteiger partial charge in [-0.3, -0.25) is 0 Å². The first-order valence-electron chi connectivity index (χ1n) is 3.31. The van der Waals surface area contributed by atoms with E-state index in [1.54, 1.807) is 0 Å². The summed E-state index contributed by atoms with van der Waals surface area (Å²) in [6.45, 7) is -0.137. The van der Waals surface area contributed by atoms with Gasteiger partial charge in [0.25, 0.3) is 0 Å². The molecule has 1 aromatic heterocycles. The third-order valence-corrected chi connectivity index (χ3v) is 2.23. The zero-order valence-electron chi connectivity index (χ0n) is 6.10. The zero-order chi connectivity index (χ0) is 9.59. The Bertz CT molecular complexity index is 408. The van der Waals surface area contributed by atoms with E-state index in [2.05, 4.69) is 9.72 Å². The summed E-state index contributed by atoms with van der Waals surface area (Å²) in [7, 11) is 0. The summed E-state index contributed by atoms with van der Waals surface area (Å²) in [5.74, 6) is -1.41. The molecule has 0 unspecified atom stereocenters. The van der Waals surface area contributed by atoms with Crippen molar-refractivity contribution in [3.8, 4) is 0 Å². The molecule has 68 valence electrons. The summed E-state index contributed by atoms with van der Waals surface area (Å²) in [5, 5.41) is -0.467. The minimum Gasteiger partial charge on any atom is -0.457 e. The monoisotopic (exact) mass is 221 g/mol. The van der Waals surface area contributed by atoms with Gasteiger partial charge in [-0.05, 0) is 0 Å². The first-order valence-corrected chi connectivity index (χ1v) is 4.07. The number of ether oxygens (including phenoxy) is 1. The molecule has 1 aliphatic heterocycles. The molecule has 13 heavy (non-hydrogen) atoms. The molecule has 0 N–H and O–H groups in total. The van der Waals surface area contributed by atoms with Crippen molar-refractivity contribution in [2.45, 2.75) is 6.61 Å². The predicted molar refractivity (Wildman–Crippen MR) is 43.3 cm³/mol. The molecule has 1 aliphatic rings. The maximum atomic E-state index is 13.2. The summed E-state index contributed by atoms with van der Waals surface area (Å²) >= 11 is 11.0. The average molecular weight is 222 g/mol. The number of nitrogens with zero attached hydrogens (tertiary/aromatic N) is 1. The molecule has 0 fully saturated rings. The van der Waals surface area contributed by atoms with Crippen LogP contribution in [0.3, 0.4) is 0 Å². The number of pyridine rings is 1. The van der Waals surface area contributed by atoms with Crippen LogP contribution in [0, 0.1) is 5.82 Å². The van der Waals surface area contributed by atoms with Crippen molar-refractivity contribution < 1.29 is 13.9 Å². The van der Waals surface area contributed by atoms with E-state index in [-0.39, 0.29) is 28.0 Å². The maximum absolute atomic E-state index is 13.2. The highest BCUT2D eigenvalue weighted by Crippen LogP contribution is 2.31. The van der Waals surface area contributed by atoms with Gasteiger partial charge in [-0.25, -0.2) is 14.2 Å². The number of halogens is 3. The topological polar surface area (TPSA) is 39.2 Å². The van der Waals surface area contributed by atoms with Crippen LogP contribution in [0.25, 0.3) is 0 Å². The molecule has 2 heterocycles. The van der Waals surface area contributed by atoms with Crippen LogP contribution in [0.4, 0.5) is 4.39 Å². The number of rotatable bonds is 0.